The summed E-state index contributed by atoms with van der Waals surface area (Å²) in [5.74, 6) is -0.272. The van der Waals surface area contributed by atoms with Crippen molar-refractivity contribution in [3.05, 3.63) is 54.6 Å². The molecule has 2 aromatic heterocycles. The molecule has 0 atom stereocenters. The van der Waals surface area contributed by atoms with E-state index in [0.29, 0.717) is 16.9 Å². The average molecular weight is 213 g/mol. The number of aromatic nitrogens is 3. The van der Waals surface area contributed by atoms with Crippen molar-refractivity contribution in [1.82, 2.24) is 14.6 Å². The van der Waals surface area contributed by atoms with Crippen LogP contribution in [-0.4, -0.2) is 14.6 Å². The zero-order valence-electron chi connectivity index (χ0n) is 8.34. The van der Waals surface area contributed by atoms with Crippen LogP contribution in [0.25, 0.3) is 16.9 Å². The largest absolute Gasteiger partial charge is 0.227 e. The van der Waals surface area contributed by atoms with Crippen molar-refractivity contribution in [2.75, 3.05) is 0 Å². The third-order valence-electron chi connectivity index (χ3n) is 2.39. The molecule has 0 aliphatic carbocycles. The van der Waals surface area contributed by atoms with E-state index < -0.39 is 0 Å². The summed E-state index contributed by atoms with van der Waals surface area (Å²) in [6.07, 6.45) is 3.38. The Bertz CT molecular complexity index is 612. The summed E-state index contributed by atoms with van der Waals surface area (Å²) in [5.41, 5.74) is 1.80. The molecule has 78 valence electrons. The number of nitrogens with zero attached hydrogens (tertiary/aromatic N) is 3. The third-order valence-corrected chi connectivity index (χ3v) is 2.39. The Kier molecular flexibility index (Phi) is 1.93. The SMILES string of the molecule is Fc1ccccc1-c1cn2ncccc2n1. The van der Waals surface area contributed by atoms with Gasteiger partial charge in [-0.1, -0.05) is 12.1 Å². The lowest BCUT2D eigenvalue weighted by atomic mass is 10.1. The molecule has 0 saturated carbocycles. The maximum Gasteiger partial charge on any atom is 0.154 e. The van der Waals surface area contributed by atoms with Crippen LogP contribution in [0.5, 0.6) is 0 Å². The first-order chi connectivity index (χ1) is 7.84. The fourth-order valence-corrected chi connectivity index (χ4v) is 1.63. The minimum atomic E-state index is -0.272. The van der Waals surface area contributed by atoms with E-state index in [9.17, 15) is 4.39 Å². The van der Waals surface area contributed by atoms with Crippen molar-refractivity contribution in [1.29, 1.82) is 0 Å². The Labute approximate surface area is 91.2 Å². The van der Waals surface area contributed by atoms with Gasteiger partial charge in [0.15, 0.2) is 5.65 Å². The van der Waals surface area contributed by atoms with Crippen molar-refractivity contribution < 1.29 is 4.39 Å². The lowest BCUT2D eigenvalue weighted by Crippen LogP contribution is -1.85. The van der Waals surface area contributed by atoms with Gasteiger partial charge in [-0.25, -0.2) is 13.9 Å². The van der Waals surface area contributed by atoms with E-state index in [4.69, 9.17) is 0 Å². The van der Waals surface area contributed by atoms with Gasteiger partial charge in [0.2, 0.25) is 0 Å². The van der Waals surface area contributed by atoms with Gasteiger partial charge in [0.1, 0.15) is 5.82 Å². The van der Waals surface area contributed by atoms with E-state index in [1.54, 1.807) is 41.2 Å². The van der Waals surface area contributed by atoms with Crippen LogP contribution < -0.4 is 0 Å². The maximum atomic E-state index is 13.5. The van der Waals surface area contributed by atoms with Gasteiger partial charge in [-0.3, -0.25) is 0 Å². The average Bonchev–Trinajstić information content (AvgIpc) is 2.73. The molecule has 0 unspecified atom stereocenters. The zero-order valence-corrected chi connectivity index (χ0v) is 8.34. The molecule has 0 radical (unpaired) electrons. The second-order valence-electron chi connectivity index (χ2n) is 3.43. The van der Waals surface area contributed by atoms with E-state index in [-0.39, 0.29) is 5.82 Å². The molecule has 1 aromatic carbocycles. The Morgan fingerprint density at radius 3 is 2.75 bits per heavy atom. The van der Waals surface area contributed by atoms with Gasteiger partial charge < -0.3 is 0 Å². The minimum absolute atomic E-state index is 0.272. The normalized spacial score (nSPS) is 10.8. The van der Waals surface area contributed by atoms with Crippen LogP contribution in [0.1, 0.15) is 0 Å². The molecule has 3 aromatic rings. The van der Waals surface area contributed by atoms with Crippen LogP contribution in [0.4, 0.5) is 4.39 Å². The maximum absolute atomic E-state index is 13.5. The molecule has 16 heavy (non-hydrogen) atoms. The van der Waals surface area contributed by atoms with E-state index in [1.807, 2.05) is 6.07 Å². The molecule has 4 heteroatoms. The molecule has 0 fully saturated rings. The number of hydrogen-bond donors (Lipinski definition) is 0. The minimum Gasteiger partial charge on any atom is -0.227 e. The molecule has 2 heterocycles. The molecule has 0 aliphatic heterocycles. The molecule has 3 nitrogen and oxygen atoms in total. The molecule has 3 rings (SSSR count). The molecule has 0 aliphatic rings. The molecule has 0 spiro atoms. The molecule has 0 amide bonds. The summed E-state index contributed by atoms with van der Waals surface area (Å²) in [7, 11) is 0. The first-order valence-electron chi connectivity index (χ1n) is 4.90. The lowest BCUT2D eigenvalue weighted by molar-refractivity contribution is 0.631. The van der Waals surface area contributed by atoms with Crippen molar-refractivity contribution in [2.45, 2.75) is 0 Å². The smallest absolute Gasteiger partial charge is 0.154 e. The summed E-state index contributed by atoms with van der Waals surface area (Å²) in [5, 5.41) is 4.09. The van der Waals surface area contributed by atoms with E-state index in [1.165, 1.54) is 6.07 Å². The number of rotatable bonds is 1. The topological polar surface area (TPSA) is 30.2 Å². The Balaban J connectivity index is 2.23. The molecule has 0 saturated heterocycles. The van der Waals surface area contributed by atoms with Gasteiger partial charge in [-0.2, -0.15) is 5.10 Å². The predicted octanol–water partition coefficient (Wildman–Crippen LogP) is 2.54. The number of benzene rings is 1. The highest BCUT2D eigenvalue weighted by molar-refractivity contribution is 5.62. The van der Waals surface area contributed by atoms with Gasteiger partial charge in [0, 0.05) is 11.8 Å². The summed E-state index contributed by atoms with van der Waals surface area (Å²) >= 11 is 0. The summed E-state index contributed by atoms with van der Waals surface area (Å²) in [4.78, 5) is 4.30. The predicted molar refractivity (Wildman–Crippen MR) is 58.4 cm³/mol. The first-order valence-corrected chi connectivity index (χ1v) is 4.90. The van der Waals surface area contributed by atoms with Gasteiger partial charge in [-0.05, 0) is 24.3 Å². The van der Waals surface area contributed by atoms with Crippen LogP contribution in [-0.2, 0) is 0 Å². The fourth-order valence-electron chi connectivity index (χ4n) is 1.63. The van der Waals surface area contributed by atoms with E-state index >= 15 is 0 Å². The van der Waals surface area contributed by atoms with Gasteiger partial charge in [0.05, 0.1) is 11.9 Å². The monoisotopic (exact) mass is 213 g/mol. The number of fused-ring (bicyclic) bond motifs is 1. The van der Waals surface area contributed by atoms with Gasteiger partial charge in [-0.15, -0.1) is 0 Å². The number of halogens is 1. The van der Waals surface area contributed by atoms with Crippen molar-refractivity contribution in [2.24, 2.45) is 0 Å². The number of hydrogen-bond acceptors (Lipinski definition) is 2. The summed E-state index contributed by atoms with van der Waals surface area (Å²) in [6, 6.07) is 10.2. The second-order valence-corrected chi connectivity index (χ2v) is 3.43. The van der Waals surface area contributed by atoms with Crippen molar-refractivity contribution in [3.63, 3.8) is 0 Å². The third kappa shape index (κ3) is 1.35. The second kappa shape index (κ2) is 3.41. The Morgan fingerprint density at radius 2 is 1.94 bits per heavy atom. The van der Waals surface area contributed by atoms with E-state index in [2.05, 4.69) is 10.1 Å². The first kappa shape index (κ1) is 9.03. The van der Waals surface area contributed by atoms with Crippen molar-refractivity contribution in [3.8, 4) is 11.3 Å². The van der Waals surface area contributed by atoms with Crippen LogP contribution >= 0.6 is 0 Å². The lowest BCUT2D eigenvalue weighted by Gasteiger charge is -1.96. The molecule has 0 bridgehead atoms. The number of imidazole rings is 1. The zero-order chi connectivity index (χ0) is 11.0. The van der Waals surface area contributed by atoms with Crippen molar-refractivity contribution >= 4 is 5.65 Å². The standard InChI is InChI=1S/C12H8FN3/c13-10-5-2-1-4-9(10)11-8-16-12(15-11)6-3-7-14-16/h1-8H. The fraction of sp³-hybridized carbons (Fsp3) is 0. The van der Waals surface area contributed by atoms with E-state index in [0.717, 1.165) is 0 Å². The quantitative estimate of drug-likeness (QED) is 0.621. The summed E-state index contributed by atoms with van der Waals surface area (Å²) < 4.78 is 15.2. The highest BCUT2D eigenvalue weighted by atomic mass is 19.1. The van der Waals surface area contributed by atoms with Crippen LogP contribution in [0.15, 0.2) is 48.8 Å². The van der Waals surface area contributed by atoms with Crippen LogP contribution in [0.2, 0.25) is 0 Å². The van der Waals surface area contributed by atoms with Crippen LogP contribution in [0, 0.1) is 5.82 Å². The highest BCUT2D eigenvalue weighted by Gasteiger charge is 2.08. The molecular formula is C12H8FN3. The molecule has 0 N–H and O–H groups in total. The Hall–Kier alpha value is -2.23. The summed E-state index contributed by atoms with van der Waals surface area (Å²) in [6.45, 7) is 0. The highest BCUT2D eigenvalue weighted by Crippen LogP contribution is 2.21. The van der Waals surface area contributed by atoms with Gasteiger partial charge in [0.25, 0.3) is 0 Å². The van der Waals surface area contributed by atoms with Crippen LogP contribution in [0.3, 0.4) is 0 Å². The molecular weight excluding hydrogens is 205 g/mol. The Morgan fingerprint density at radius 1 is 1.06 bits per heavy atom. The van der Waals surface area contributed by atoms with Gasteiger partial charge >= 0.3 is 0 Å².